The van der Waals surface area contributed by atoms with E-state index in [2.05, 4.69) is 0 Å². The summed E-state index contributed by atoms with van der Waals surface area (Å²) in [4.78, 5) is 0. The molecule has 5 atom stereocenters. The van der Waals surface area contributed by atoms with Gasteiger partial charge in [0.1, 0.15) is 11.7 Å². The Labute approximate surface area is 67.7 Å². The van der Waals surface area contributed by atoms with Gasteiger partial charge in [-0.15, -0.1) is 0 Å². The van der Waals surface area contributed by atoms with Gasteiger partial charge in [0.05, 0.1) is 11.4 Å². The van der Waals surface area contributed by atoms with Crippen LogP contribution in [0.15, 0.2) is 0 Å². The summed E-state index contributed by atoms with van der Waals surface area (Å²) in [6, 6.07) is 0. The van der Waals surface area contributed by atoms with E-state index in [0.717, 1.165) is 12.8 Å². The molecule has 3 saturated heterocycles. The predicted molar refractivity (Wildman–Crippen MR) is 39.3 cm³/mol. The van der Waals surface area contributed by atoms with E-state index >= 15 is 0 Å². The molecular formula is C7H10O3S. The quantitative estimate of drug-likeness (QED) is 0.532. The minimum atomic E-state index is -1.08. The number of hydrogen-bond donors (Lipinski definition) is 0. The zero-order valence-electron chi connectivity index (χ0n) is 6.28. The van der Waals surface area contributed by atoms with Gasteiger partial charge >= 0.3 is 0 Å². The van der Waals surface area contributed by atoms with Gasteiger partial charge in [-0.05, 0) is 13.3 Å². The lowest BCUT2D eigenvalue weighted by Crippen LogP contribution is -2.39. The average Bonchev–Trinajstić information content (AvgIpc) is 2.39. The Morgan fingerprint density at radius 3 is 2.91 bits per heavy atom. The highest BCUT2D eigenvalue weighted by molar-refractivity contribution is 7.81. The third-order valence-corrected chi connectivity index (χ3v) is 4.64. The molecule has 3 fully saturated rings. The zero-order valence-corrected chi connectivity index (χ0v) is 7.10. The monoisotopic (exact) mass is 174 g/mol. The molecule has 3 nitrogen and oxygen atoms in total. The first-order valence-corrected chi connectivity index (χ1v) is 5.09. The maximum atomic E-state index is 11.3. The van der Waals surface area contributed by atoms with Crippen molar-refractivity contribution >= 4 is 11.1 Å². The van der Waals surface area contributed by atoms with Gasteiger partial charge in [0.15, 0.2) is 11.1 Å². The van der Waals surface area contributed by atoms with Gasteiger partial charge in [-0.3, -0.25) is 4.18 Å². The van der Waals surface area contributed by atoms with Gasteiger partial charge in [-0.1, -0.05) is 0 Å². The van der Waals surface area contributed by atoms with E-state index in [4.69, 9.17) is 8.92 Å². The average molecular weight is 174 g/mol. The van der Waals surface area contributed by atoms with E-state index in [1.165, 1.54) is 0 Å². The van der Waals surface area contributed by atoms with Crippen LogP contribution in [0.2, 0.25) is 0 Å². The molecule has 0 aromatic heterocycles. The Hall–Kier alpha value is 0.0700. The Bertz CT molecular complexity index is 242. The van der Waals surface area contributed by atoms with Crippen LogP contribution in [0.5, 0.6) is 0 Å². The molecule has 0 N–H and O–H groups in total. The van der Waals surface area contributed by atoms with Crippen LogP contribution in [0.25, 0.3) is 0 Å². The molecule has 2 bridgehead atoms. The molecule has 0 radical (unpaired) electrons. The molecule has 0 aromatic carbocycles. The molecule has 0 saturated carbocycles. The van der Waals surface area contributed by atoms with Crippen molar-refractivity contribution in [2.24, 2.45) is 0 Å². The second kappa shape index (κ2) is 1.70. The number of fused-ring (bicyclic) bond motifs is 1. The molecule has 11 heavy (non-hydrogen) atoms. The molecule has 0 amide bonds. The van der Waals surface area contributed by atoms with E-state index < -0.39 is 11.1 Å². The first-order valence-electron chi connectivity index (χ1n) is 3.95. The molecule has 3 heterocycles. The first-order chi connectivity index (χ1) is 5.20. The van der Waals surface area contributed by atoms with Crippen LogP contribution in [0.4, 0.5) is 0 Å². The van der Waals surface area contributed by atoms with Gasteiger partial charge in [0.25, 0.3) is 0 Å². The highest BCUT2D eigenvalue weighted by Gasteiger charge is 2.65. The molecule has 0 spiro atoms. The van der Waals surface area contributed by atoms with Crippen molar-refractivity contribution in [3.8, 4) is 0 Å². The Balaban J connectivity index is 2.12. The summed E-state index contributed by atoms with van der Waals surface area (Å²) in [5.41, 5.74) is -0.213. The van der Waals surface area contributed by atoms with Crippen molar-refractivity contribution in [1.29, 1.82) is 0 Å². The van der Waals surface area contributed by atoms with Crippen LogP contribution in [-0.2, 0) is 20.0 Å². The minimum Gasteiger partial charge on any atom is -0.368 e. The van der Waals surface area contributed by atoms with Crippen LogP contribution >= 0.6 is 0 Å². The zero-order chi connectivity index (χ0) is 7.64. The van der Waals surface area contributed by atoms with Crippen molar-refractivity contribution in [2.45, 2.75) is 42.8 Å². The smallest absolute Gasteiger partial charge is 0.162 e. The molecule has 0 aliphatic carbocycles. The summed E-state index contributed by atoms with van der Waals surface area (Å²) in [5.74, 6) is 0. The fourth-order valence-corrected chi connectivity index (χ4v) is 4.04. The van der Waals surface area contributed by atoms with Crippen molar-refractivity contribution in [3.63, 3.8) is 0 Å². The molecule has 0 aromatic rings. The van der Waals surface area contributed by atoms with Gasteiger partial charge in [-0.2, -0.15) is 0 Å². The summed E-state index contributed by atoms with van der Waals surface area (Å²) in [5, 5.41) is 0.145. The summed E-state index contributed by atoms with van der Waals surface area (Å²) in [6.45, 7) is 2.03. The molecular weight excluding hydrogens is 164 g/mol. The van der Waals surface area contributed by atoms with E-state index in [1.54, 1.807) is 0 Å². The Morgan fingerprint density at radius 2 is 2.36 bits per heavy atom. The van der Waals surface area contributed by atoms with Crippen molar-refractivity contribution in [3.05, 3.63) is 0 Å². The number of ether oxygens (including phenoxy) is 1. The third kappa shape index (κ3) is 0.600. The van der Waals surface area contributed by atoms with E-state index in [0.29, 0.717) is 6.10 Å². The third-order valence-electron chi connectivity index (χ3n) is 3.10. The molecule has 4 heteroatoms. The fourth-order valence-electron chi connectivity index (χ4n) is 2.44. The summed E-state index contributed by atoms with van der Waals surface area (Å²) >= 11 is -1.08. The fraction of sp³-hybridized carbons (Fsp3) is 1.00. The van der Waals surface area contributed by atoms with Crippen LogP contribution in [-0.4, -0.2) is 27.3 Å². The lowest BCUT2D eigenvalue weighted by molar-refractivity contribution is 0.00142. The van der Waals surface area contributed by atoms with Crippen molar-refractivity contribution in [1.82, 2.24) is 0 Å². The normalized spacial score (nSPS) is 65.9. The number of rotatable bonds is 0. The maximum absolute atomic E-state index is 11.3. The SMILES string of the molecule is CC12OC3CC1OS(=O)C2C3. The van der Waals surface area contributed by atoms with Crippen LogP contribution in [0.3, 0.4) is 0 Å². The Kier molecular flexibility index (Phi) is 1.02. The molecule has 62 valence electrons. The highest BCUT2D eigenvalue weighted by Crippen LogP contribution is 2.52. The maximum Gasteiger partial charge on any atom is 0.162 e. The van der Waals surface area contributed by atoms with E-state index in [-0.39, 0.29) is 17.0 Å². The second-order valence-electron chi connectivity index (χ2n) is 3.73. The molecule has 3 aliphatic rings. The van der Waals surface area contributed by atoms with Gasteiger partial charge in [-0.25, -0.2) is 4.21 Å². The lowest BCUT2D eigenvalue weighted by atomic mass is 9.87. The second-order valence-corrected chi connectivity index (χ2v) is 5.01. The molecule has 3 rings (SSSR count). The minimum absolute atomic E-state index is 0.104. The van der Waals surface area contributed by atoms with Crippen LogP contribution < -0.4 is 0 Å². The topological polar surface area (TPSA) is 35.5 Å². The van der Waals surface area contributed by atoms with Crippen molar-refractivity contribution < 1.29 is 13.1 Å². The molecule has 3 aliphatic heterocycles. The summed E-state index contributed by atoms with van der Waals surface area (Å²) in [7, 11) is 0. The van der Waals surface area contributed by atoms with E-state index in [1.807, 2.05) is 6.92 Å². The largest absolute Gasteiger partial charge is 0.368 e. The first kappa shape index (κ1) is 6.57. The standard InChI is InChI=1S/C7H10O3S/c1-7-5-2-4(9-7)3-6(7)11(8)10-5/h4-6H,2-3H2,1H3. The van der Waals surface area contributed by atoms with Crippen LogP contribution in [0, 0.1) is 0 Å². The van der Waals surface area contributed by atoms with Gasteiger partial charge in [0, 0.05) is 6.42 Å². The van der Waals surface area contributed by atoms with Gasteiger partial charge in [0.2, 0.25) is 0 Å². The van der Waals surface area contributed by atoms with Gasteiger partial charge < -0.3 is 4.74 Å². The Morgan fingerprint density at radius 1 is 1.55 bits per heavy atom. The summed E-state index contributed by atoms with van der Waals surface area (Å²) in [6.07, 6.45) is 2.30. The number of hydrogen-bond acceptors (Lipinski definition) is 3. The highest BCUT2D eigenvalue weighted by atomic mass is 32.2. The lowest BCUT2D eigenvalue weighted by Gasteiger charge is -2.21. The molecule has 5 unspecified atom stereocenters. The van der Waals surface area contributed by atoms with E-state index in [9.17, 15) is 4.21 Å². The summed E-state index contributed by atoms with van der Waals surface area (Å²) < 4.78 is 22.3. The van der Waals surface area contributed by atoms with Crippen molar-refractivity contribution in [2.75, 3.05) is 0 Å². The predicted octanol–water partition coefficient (Wildman–Crippen LogP) is 0.369. The van der Waals surface area contributed by atoms with Crippen LogP contribution in [0.1, 0.15) is 19.8 Å².